The molecule has 1 aliphatic carbocycles. The first-order chi connectivity index (χ1) is 9.70. The number of hydrogen-bond donors (Lipinski definition) is 0. The summed E-state index contributed by atoms with van der Waals surface area (Å²) >= 11 is 1.61. The number of rotatable bonds is 2. The molecule has 6 heteroatoms. The minimum atomic E-state index is -0.515. The predicted molar refractivity (Wildman–Crippen MR) is 73.0 cm³/mol. The first-order valence-corrected chi connectivity index (χ1v) is 7.57. The van der Waals surface area contributed by atoms with Gasteiger partial charge in [0.2, 0.25) is 5.13 Å². The molecule has 0 spiro atoms. The minimum absolute atomic E-state index is 0.435. The molecule has 104 valence electrons. The minimum Gasteiger partial charge on any atom is -0.342 e. The van der Waals surface area contributed by atoms with Gasteiger partial charge in [-0.3, -0.25) is 0 Å². The van der Waals surface area contributed by atoms with E-state index in [-0.39, 0.29) is 0 Å². The fourth-order valence-electron chi connectivity index (χ4n) is 2.62. The predicted octanol–water partition coefficient (Wildman–Crippen LogP) is 3.26. The Morgan fingerprint density at radius 2 is 2.05 bits per heavy atom. The van der Waals surface area contributed by atoms with Crippen LogP contribution in [0, 0.1) is 11.6 Å². The molecule has 0 atom stereocenters. The first-order valence-electron chi connectivity index (χ1n) is 6.76. The van der Waals surface area contributed by atoms with Crippen LogP contribution in [0.15, 0.2) is 12.1 Å². The zero-order chi connectivity index (χ0) is 13.7. The summed E-state index contributed by atoms with van der Waals surface area (Å²) in [6, 6.07) is 2.39. The third kappa shape index (κ3) is 2.08. The van der Waals surface area contributed by atoms with Crippen LogP contribution in [0.25, 0.3) is 0 Å². The van der Waals surface area contributed by atoms with Gasteiger partial charge >= 0.3 is 0 Å². The molecule has 20 heavy (non-hydrogen) atoms. The largest absolute Gasteiger partial charge is 0.342 e. The Hall–Kier alpha value is -1.56. The molecule has 0 N–H and O–H groups in total. The van der Waals surface area contributed by atoms with E-state index in [0.29, 0.717) is 31.0 Å². The fourth-order valence-corrected chi connectivity index (χ4v) is 3.66. The number of halogens is 2. The Morgan fingerprint density at radius 3 is 2.85 bits per heavy atom. The maximum atomic E-state index is 13.7. The molecule has 0 radical (unpaired) electrons. The van der Waals surface area contributed by atoms with Gasteiger partial charge in [-0.2, -0.15) is 0 Å². The van der Waals surface area contributed by atoms with Gasteiger partial charge in [0.05, 0.1) is 0 Å². The van der Waals surface area contributed by atoms with E-state index in [2.05, 4.69) is 15.1 Å². The lowest BCUT2D eigenvalue weighted by atomic mass is 9.99. The number of benzene rings is 1. The number of nitrogens with zero attached hydrogens (tertiary/aromatic N) is 3. The van der Waals surface area contributed by atoms with E-state index in [0.717, 1.165) is 21.8 Å². The van der Waals surface area contributed by atoms with Gasteiger partial charge in [-0.05, 0) is 36.5 Å². The van der Waals surface area contributed by atoms with Crippen molar-refractivity contribution in [2.75, 3.05) is 11.4 Å². The summed E-state index contributed by atoms with van der Waals surface area (Å²) in [6.45, 7) is 1.21. The number of anilines is 1. The van der Waals surface area contributed by atoms with Crippen molar-refractivity contribution in [2.45, 2.75) is 31.7 Å². The molecule has 1 aromatic heterocycles. The molecule has 2 aliphatic rings. The lowest BCUT2D eigenvalue weighted by molar-refractivity contribution is 0.555. The van der Waals surface area contributed by atoms with Gasteiger partial charge < -0.3 is 4.90 Å². The molecule has 0 unspecified atom stereocenters. The SMILES string of the molecule is Fc1cc(F)c2c(c1)CN(c1nnc(C3CC3)s1)CC2. The average Bonchev–Trinajstić information content (AvgIpc) is 3.15. The van der Waals surface area contributed by atoms with Crippen molar-refractivity contribution >= 4 is 16.5 Å². The van der Waals surface area contributed by atoms with E-state index in [1.165, 1.54) is 18.9 Å². The number of hydrogen-bond acceptors (Lipinski definition) is 4. The van der Waals surface area contributed by atoms with Crippen molar-refractivity contribution in [3.8, 4) is 0 Å². The van der Waals surface area contributed by atoms with Crippen molar-refractivity contribution in [1.29, 1.82) is 0 Å². The van der Waals surface area contributed by atoms with Crippen LogP contribution in [0.2, 0.25) is 0 Å². The normalized spacial score (nSPS) is 18.2. The molecule has 4 rings (SSSR count). The molecule has 2 aromatic rings. The molecule has 1 aromatic carbocycles. The monoisotopic (exact) mass is 293 g/mol. The first kappa shape index (κ1) is 12.2. The smallest absolute Gasteiger partial charge is 0.208 e. The van der Waals surface area contributed by atoms with Gasteiger partial charge in [0, 0.05) is 25.1 Å². The summed E-state index contributed by atoms with van der Waals surface area (Å²) in [6.07, 6.45) is 2.99. The van der Waals surface area contributed by atoms with Crippen LogP contribution in [-0.2, 0) is 13.0 Å². The van der Waals surface area contributed by atoms with Crippen LogP contribution in [0.4, 0.5) is 13.9 Å². The fraction of sp³-hybridized carbons (Fsp3) is 0.429. The molecule has 0 saturated heterocycles. The van der Waals surface area contributed by atoms with E-state index in [1.807, 2.05) is 0 Å². The molecule has 0 bridgehead atoms. The van der Waals surface area contributed by atoms with Gasteiger partial charge in [-0.25, -0.2) is 8.78 Å². The van der Waals surface area contributed by atoms with E-state index in [1.54, 1.807) is 11.3 Å². The molecule has 0 amide bonds. The molecule has 1 saturated carbocycles. The summed E-state index contributed by atoms with van der Waals surface area (Å²) in [5, 5.41) is 10.4. The van der Waals surface area contributed by atoms with Crippen LogP contribution < -0.4 is 4.90 Å². The molecule has 3 nitrogen and oxygen atoms in total. The summed E-state index contributed by atoms with van der Waals surface area (Å²) < 4.78 is 27.0. The standard InChI is InChI=1S/C14H13F2N3S/c15-10-5-9-7-19(4-3-11(9)12(16)6-10)14-18-17-13(20-14)8-1-2-8/h5-6,8H,1-4,7H2. The van der Waals surface area contributed by atoms with Crippen molar-refractivity contribution in [1.82, 2.24) is 10.2 Å². The van der Waals surface area contributed by atoms with Crippen molar-refractivity contribution in [2.24, 2.45) is 0 Å². The van der Waals surface area contributed by atoms with Gasteiger partial charge in [0.15, 0.2) is 0 Å². The Morgan fingerprint density at radius 1 is 1.20 bits per heavy atom. The second-order valence-electron chi connectivity index (χ2n) is 5.39. The van der Waals surface area contributed by atoms with Crippen molar-refractivity contribution in [3.05, 3.63) is 39.9 Å². The second-order valence-corrected chi connectivity index (χ2v) is 6.38. The number of aromatic nitrogens is 2. The van der Waals surface area contributed by atoms with Crippen molar-refractivity contribution < 1.29 is 8.78 Å². The molecule has 1 aliphatic heterocycles. The summed E-state index contributed by atoms with van der Waals surface area (Å²) in [5.74, 6) is -0.358. The van der Waals surface area contributed by atoms with Crippen LogP contribution >= 0.6 is 11.3 Å². The molecule has 1 fully saturated rings. The van der Waals surface area contributed by atoms with E-state index in [9.17, 15) is 8.78 Å². The Balaban J connectivity index is 1.62. The maximum absolute atomic E-state index is 13.7. The lowest BCUT2D eigenvalue weighted by Gasteiger charge is -2.28. The van der Waals surface area contributed by atoms with Crippen LogP contribution in [-0.4, -0.2) is 16.7 Å². The van der Waals surface area contributed by atoms with Gasteiger partial charge in [0.25, 0.3) is 0 Å². The Bertz CT molecular complexity index is 666. The summed E-state index contributed by atoms with van der Waals surface area (Å²) in [7, 11) is 0. The van der Waals surface area contributed by atoms with E-state index >= 15 is 0 Å². The third-order valence-corrected chi connectivity index (χ3v) is 5.02. The lowest BCUT2D eigenvalue weighted by Crippen LogP contribution is -2.31. The van der Waals surface area contributed by atoms with Crippen LogP contribution in [0.3, 0.4) is 0 Å². The summed E-state index contributed by atoms with van der Waals surface area (Å²) in [5.41, 5.74) is 1.35. The van der Waals surface area contributed by atoms with E-state index < -0.39 is 11.6 Å². The van der Waals surface area contributed by atoms with Crippen LogP contribution in [0.1, 0.15) is 34.9 Å². The van der Waals surface area contributed by atoms with Gasteiger partial charge in [-0.15, -0.1) is 10.2 Å². The maximum Gasteiger partial charge on any atom is 0.208 e. The highest BCUT2D eigenvalue weighted by atomic mass is 32.1. The Labute approximate surface area is 119 Å². The van der Waals surface area contributed by atoms with Crippen molar-refractivity contribution in [3.63, 3.8) is 0 Å². The average molecular weight is 293 g/mol. The quantitative estimate of drug-likeness (QED) is 0.851. The third-order valence-electron chi connectivity index (χ3n) is 3.87. The highest BCUT2D eigenvalue weighted by Crippen LogP contribution is 2.43. The topological polar surface area (TPSA) is 29.0 Å². The number of fused-ring (bicyclic) bond motifs is 1. The molecular weight excluding hydrogens is 280 g/mol. The zero-order valence-electron chi connectivity index (χ0n) is 10.8. The molecular formula is C14H13F2N3S. The highest BCUT2D eigenvalue weighted by Gasteiger charge is 2.29. The van der Waals surface area contributed by atoms with Gasteiger partial charge in [0.1, 0.15) is 16.6 Å². The highest BCUT2D eigenvalue weighted by molar-refractivity contribution is 7.15. The molecule has 2 heterocycles. The zero-order valence-corrected chi connectivity index (χ0v) is 11.6. The Kier molecular flexibility index (Phi) is 2.73. The second kappa shape index (κ2) is 4.48. The van der Waals surface area contributed by atoms with E-state index in [4.69, 9.17) is 0 Å². The summed E-state index contributed by atoms with van der Waals surface area (Å²) in [4.78, 5) is 2.06. The van der Waals surface area contributed by atoms with Gasteiger partial charge in [-0.1, -0.05) is 11.3 Å². The van der Waals surface area contributed by atoms with Crippen LogP contribution in [0.5, 0.6) is 0 Å².